The van der Waals surface area contributed by atoms with Crippen LogP contribution in [0.3, 0.4) is 0 Å². The molecule has 1 aliphatic carbocycles. The van der Waals surface area contributed by atoms with Crippen LogP contribution in [0.4, 0.5) is 4.39 Å². The lowest BCUT2D eigenvalue weighted by Gasteiger charge is -2.38. The number of halogens is 1. The van der Waals surface area contributed by atoms with Crippen LogP contribution < -0.4 is 10.1 Å². The minimum Gasteiger partial charge on any atom is -0.494 e. The van der Waals surface area contributed by atoms with Gasteiger partial charge in [0.1, 0.15) is 11.6 Å². The fourth-order valence-corrected chi connectivity index (χ4v) is 3.53. The minimum absolute atomic E-state index is 0.238. The molecule has 0 radical (unpaired) electrons. The third-order valence-corrected chi connectivity index (χ3v) is 5.05. The molecule has 1 spiro atoms. The molecule has 23 heavy (non-hydrogen) atoms. The van der Waals surface area contributed by atoms with E-state index < -0.39 is 0 Å². The summed E-state index contributed by atoms with van der Waals surface area (Å²) in [6.45, 7) is 3.71. The van der Waals surface area contributed by atoms with Crippen LogP contribution in [0.5, 0.6) is 5.75 Å². The van der Waals surface area contributed by atoms with Crippen molar-refractivity contribution in [2.24, 2.45) is 10.4 Å². The second kappa shape index (κ2) is 7.20. The Bertz CT molecular complexity index is 540. The molecule has 5 heteroatoms. The minimum atomic E-state index is -0.238. The quantitative estimate of drug-likeness (QED) is 0.515. The Balaban J connectivity index is 1.35. The van der Waals surface area contributed by atoms with Crippen molar-refractivity contribution in [3.8, 4) is 5.75 Å². The second-order valence-electron chi connectivity index (χ2n) is 6.66. The number of nitrogens with one attached hydrogen (secondary N) is 1. The monoisotopic (exact) mass is 319 g/mol. The highest BCUT2D eigenvalue weighted by Gasteiger charge is 2.43. The Morgan fingerprint density at radius 1 is 1.30 bits per heavy atom. The number of nitrogens with zero attached hydrogens (tertiary/aromatic N) is 2. The van der Waals surface area contributed by atoms with Crippen molar-refractivity contribution in [1.29, 1.82) is 0 Å². The summed E-state index contributed by atoms with van der Waals surface area (Å²) in [5, 5.41) is 3.43. The van der Waals surface area contributed by atoms with Gasteiger partial charge in [-0.1, -0.05) is 6.42 Å². The van der Waals surface area contributed by atoms with Crippen LogP contribution in [0.25, 0.3) is 0 Å². The van der Waals surface area contributed by atoms with Crippen LogP contribution in [0, 0.1) is 11.2 Å². The molecular weight excluding hydrogens is 293 g/mol. The van der Waals surface area contributed by atoms with E-state index in [1.807, 2.05) is 7.05 Å². The van der Waals surface area contributed by atoms with E-state index in [0.717, 1.165) is 32.0 Å². The molecule has 3 rings (SSSR count). The van der Waals surface area contributed by atoms with Gasteiger partial charge < -0.3 is 15.0 Å². The smallest absolute Gasteiger partial charge is 0.193 e. The second-order valence-corrected chi connectivity index (χ2v) is 6.66. The zero-order valence-electron chi connectivity index (χ0n) is 13.9. The zero-order valence-corrected chi connectivity index (χ0v) is 13.9. The first kappa shape index (κ1) is 16.1. The maximum atomic E-state index is 12.8. The zero-order chi connectivity index (χ0) is 16.1. The van der Waals surface area contributed by atoms with Crippen molar-refractivity contribution in [1.82, 2.24) is 10.2 Å². The van der Waals surface area contributed by atoms with Gasteiger partial charge in [0.25, 0.3) is 0 Å². The molecule has 4 nitrogen and oxygen atoms in total. The van der Waals surface area contributed by atoms with Gasteiger partial charge in [0.15, 0.2) is 5.96 Å². The molecule has 0 amide bonds. The Morgan fingerprint density at radius 3 is 2.70 bits per heavy atom. The average Bonchev–Trinajstić information content (AvgIpc) is 2.98. The molecule has 1 heterocycles. The van der Waals surface area contributed by atoms with Crippen molar-refractivity contribution in [3.05, 3.63) is 30.1 Å². The van der Waals surface area contributed by atoms with Crippen LogP contribution in [-0.4, -0.2) is 44.1 Å². The highest BCUT2D eigenvalue weighted by atomic mass is 19.1. The molecule has 1 saturated heterocycles. The number of rotatable bonds is 5. The van der Waals surface area contributed by atoms with Gasteiger partial charge in [0, 0.05) is 26.7 Å². The van der Waals surface area contributed by atoms with E-state index in [1.54, 1.807) is 12.1 Å². The van der Waals surface area contributed by atoms with Gasteiger partial charge in [-0.15, -0.1) is 0 Å². The van der Waals surface area contributed by atoms with E-state index in [1.165, 1.54) is 37.8 Å². The first-order chi connectivity index (χ1) is 11.2. The highest BCUT2D eigenvalue weighted by Crippen LogP contribution is 2.47. The predicted octanol–water partition coefficient (Wildman–Crippen LogP) is 3.05. The van der Waals surface area contributed by atoms with Gasteiger partial charge in [-0.2, -0.15) is 0 Å². The van der Waals surface area contributed by atoms with E-state index in [2.05, 4.69) is 15.2 Å². The van der Waals surface area contributed by atoms with Crippen LogP contribution in [0.15, 0.2) is 29.3 Å². The van der Waals surface area contributed by atoms with Crippen molar-refractivity contribution in [2.45, 2.75) is 32.1 Å². The van der Waals surface area contributed by atoms with Crippen molar-refractivity contribution < 1.29 is 9.13 Å². The van der Waals surface area contributed by atoms with Gasteiger partial charge in [-0.05, 0) is 55.4 Å². The Morgan fingerprint density at radius 2 is 2.09 bits per heavy atom. The molecule has 2 aliphatic rings. The van der Waals surface area contributed by atoms with Crippen molar-refractivity contribution >= 4 is 5.96 Å². The topological polar surface area (TPSA) is 36.9 Å². The fraction of sp³-hybridized carbons (Fsp3) is 0.611. The lowest BCUT2D eigenvalue weighted by atomic mass is 9.68. The summed E-state index contributed by atoms with van der Waals surface area (Å²) >= 11 is 0. The number of ether oxygens (including phenoxy) is 1. The molecule has 0 bridgehead atoms. The summed E-state index contributed by atoms with van der Waals surface area (Å²) in [6, 6.07) is 6.14. The molecule has 0 aromatic heterocycles. The van der Waals surface area contributed by atoms with E-state index in [4.69, 9.17) is 4.74 Å². The van der Waals surface area contributed by atoms with Crippen molar-refractivity contribution in [3.63, 3.8) is 0 Å². The van der Waals surface area contributed by atoms with E-state index in [9.17, 15) is 4.39 Å². The number of guanidine groups is 1. The van der Waals surface area contributed by atoms with Gasteiger partial charge >= 0.3 is 0 Å². The predicted molar refractivity (Wildman–Crippen MR) is 90.3 cm³/mol. The van der Waals surface area contributed by atoms with Crippen molar-refractivity contribution in [2.75, 3.05) is 33.3 Å². The largest absolute Gasteiger partial charge is 0.494 e. The van der Waals surface area contributed by atoms with E-state index in [0.29, 0.717) is 17.8 Å². The third kappa shape index (κ3) is 3.95. The van der Waals surface area contributed by atoms with Gasteiger partial charge in [0.05, 0.1) is 6.61 Å². The van der Waals surface area contributed by atoms with Crippen LogP contribution in [0.2, 0.25) is 0 Å². The maximum absolute atomic E-state index is 12.8. The van der Waals surface area contributed by atoms with Crippen LogP contribution in [0.1, 0.15) is 32.1 Å². The van der Waals surface area contributed by atoms with E-state index >= 15 is 0 Å². The SMILES string of the molecule is CN=C(NCCCOc1ccc(F)cc1)N1CCC2(CCC2)C1. The molecule has 0 atom stereocenters. The molecule has 1 aromatic carbocycles. The molecule has 126 valence electrons. The Hall–Kier alpha value is -1.78. The van der Waals surface area contributed by atoms with Gasteiger partial charge in [-0.3, -0.25) is 4.99 Å². The first-order valence-corrected chi connectivity index (χ1v) is 8.55. The van der Waals surface area contributed by atoms with Gasteiger partial charge in [-0.25, -0.2) is 4.39 Å². The number of hydrogen-bond donors (Lipinski definition) is 1. The standard InChI is InChI=1S/C18H26FN3O/c1-20-17(22-12-10-18(14-22)8-2-9-18)21-11-3-13-23-16-6-4-15(19)5-7-16/h4-7H,2-3,8-14H2,1H3,(H,20,21). The summed E-state index contributed by atoms with van der Waals surface area (Å²) in [5.74, 6) is 1.48. The lowest BCUT2D eigenvalue weighted by molar-refractivity contribution is 0.151. The van der Waals surface area contributed by atoms with Gasteiger partial charge in [0.2, 0.25) is 0 Å². The number of hydrogen-bond acceptors (Lipinski definition) is 2. The van der Waals surface area contributed by atoms with E-state index in [-0.39, 0.29) is 5.82 Å². The molecule has 1 aromatic rings. The molecule has 0 unspecified atom stereocenters. The summed E-state index contributed by atoms with van der Waals surface area (Å²) in [6.07, 6.45) is 6.34. The summed E-state index contributed by atoms with van der Waals surface area (Å²) in [7, 11) is 1.85. The molecule has 2 fully saturated rings. The average molecular weight is 319 g/mol. The summed E-state index contributed by atoms with van der Waals surface area (Å²) in [5.41, 5.74) is 0.587. The fourth-order valence-electron chi connectivity index (χ4n) is 3.53. The molecule has 1 saturated carbocycles. The third-order valence-electron chi connectivity index (χ3n) is 5.05. The molecule has 1 aliphatic heterocycles. The Kier molecular flexibility index (Phi) is 5.03. The summed E-state index contributed by atoms with van der Waals surface area (Å²) < 4.78 is 18.4. The number of benzene rings is 1. The highest BCUT2D eigenvalue weighted by molar-refractivity contribution is 5.80. The van der Waals surface area contributed by atoms with Crippen LogP contribution >= 0.6 is 0 Å². The first-order valence-electron chi connectivity index (χ1n) is 8.55. The normalized spacial score (nSPS) is 19.7. The summed E-state index contributed by atoms with van der Waals surface area (Å²) in [4.78, 5) is 6.80. The van der Waals surface area contributed by atoms with Crippen LogP contribution in [-0.2, 0) is 0 Å². The number of likely N-dealkylation sites (tertiary alicyclic amines) is 1. The maximum Gasteiger partial charge on any atom is 0.193 e. The number of aliphatic imine (C=N–C) groups is 1. The Labute approximate surface area is 137 Å². The molecular formula is C18H26FN3O. The lowest BCUT2D eigenvalue weighted by Crippen LogP contribution is -2.43. The molecule has 1 N–H and O–H groups in total.